The Labute approximate surface area is 170 Å². The van der Waals surface area contributed by atoms with Crippen LogP contribution in [0.3, 0.4) is 0 Å². The molecule has 0 saturated carbocycles. The van der Waals surface area contributed by atoms with Crippen molar-refractivity contribution in [3.63, 3.8) is 0 Å². The molecule has 9 nitrogen and oxygen atoms in total. The number of non-ortho nitro benzene ring substituents is 1. The Balaban J connectivity index is 1.39. The minimum absolute atomic E-state index is 0.0618. The Morgan fingerprint density at radius 2 is 2.00 bits per heavy atom. The lowest BCUT2D eigenvalue weighted by atomic mass is 10.3. The van der Waals surface area contributed by atoms with Crippen molar-refractivity contribution in [2.45, 2.75) is 0 Å². The van der Waals surface area contributed by atoms with Gasteiger partial charge in [0.05, 0.1) is 22.2 Å². The van der Waals surface area contributed by atoms with Crippen molar-refractivity contribution in [2.75, 3.05) is 43.5 Å². The number of carbonyl (C=O) groups excluding carboxylic acids is 1. The first kappa shape index (κ1) is 18.9. The van der Waals surface area contributed by atoms with Crippen LogP contribution < -0.4 is 15.0 Å². The summed E-state index contributed by atoms with van der Waals surface area (Å²) in [4.78, 5) is 31.5. The fourth-order valence-corrected chi connectivity index (χ4v) is 4.20. The lowest BCUT2D eigenvalue weighted by Crippen LogP contribution is -2.50. The zero-order chi connectivity index (χ0) is 20.4. The standard InChI is InChI=1S/C19H19N5O4S/c1-28-15-4-2-3-13(11-15)20-18(25)22-7-9-23(10-8-22)19-21-16-6-5-14(24(26)27)12-17(16)29-19/h2-6,11-12H,7-10H2,1H3,(H,20,25). The van der Waals surface area contributed by atoms with Gasteiger partial charge in [0.15, 0.2) is 5.13 Å². The fourth-order valence-electron chi connectivity index (χ4n) is 3.15. The molecule has 29 heavy (non-hydrogen) atoms. The highest BCUT2D eigenvalue weighted by atomic mass is 32.1. The molecule has 2 amide bonds. The van der Waals surface area contributed by atoms with Crippen molar-refractivity contribution in [1.29, 1.82) is 0 Å². The maximum Gasteiger partial charge on any atom is 0.321 e. The van der Waals surface area contributed by atoms with E-state index >= 15 is 0 Å². The van der Waals surface area contributed by atoms with Crippen molar-refractivity contribution in [3.05, 3.63) is 52.6 Å². The van der Waals surface area contributed by atoms with Crippen molar-refractivity contribution in [3.8, 4) is 5.75 Å². The van der Waals surface area contributed by atoms with Crippen LogP contribution in [-0.2, 0) is 0 Å². The molecule has 0 radical (unpaired) electrons. The van der Waals surface area contributed by atoms with Crippen LogP contribution >= 0.6 is 11.3 Å². The first-order valence-electron chi connectivity index (χ1n) is 9.03. The smallest absolute Gasteiger partial charge is 0.321 e. The van der Waals surface area contributed by atoms with Crippen LogP contribution in [0.1, 0.15) is 0 Å². The molecule has 1 aromatic heterocycles. The summed E-state index contributed by atoms with van der Waals surface area (Å²) < 4.78 is 5.96. The van der Waals surface area contributed by atoms with E-state index in [1.807, 2.05) is 18.2 Å². The molecule has 1 fully saturated rings. The summed E-state index contributed by atoms with van der Waals surface area (Å²) in [6, 6.07) is 11.8. The number of carbonyl (C=O) groups is 1. The average molecular weight is 413 g/mol. The van der Waals surface area contributed by atoms with E-state index in [0.29, 0.717) is 37.6 Å². The largest absolute Gasteiger partial charge is 0.497 e. The van der Waals surface area contributed by atoms with Gasteiger partial charge in [0.2, 0.25) is 0 Å². The Hall–Kier alpha value is -3.40. The molecule has 1 saturated heterocycles. The third-order valence-corrected chi connectivity index (χ3v) is 5.81. The topological polar surface area (TPSA) is 101 Å². The molecular weight excluding hydrogens is 394 g/mol. The third-order valence-electron chi connectivity index (χ3n) is 4.73. The predicted molar refractivity (Wildman–Crippen MR) is 112 cm³/mol. The molecule has 2 heterocycles. The minimum atomic E-state index is -0.404. The first-order valence-corrected chi connectivity index (χ1v) is 9.85. The molecule has 10 heteroatoms. The number of piperazine rings is 1. The van der Waals surface area contributed by atoms with E-state index in [0.717, 1.165) is 15.3 Å². The van der Waals surface area contributed by atoms with E-state index in [4.69, 9.17) is 4.74 Å². The first-order chi connectivity index (χ1) is 14.0. The van der Waals surface area contributed by atoms with Gasteiger partial charge in [-0.05, 0) is 18.2 Å². The SMILES string of the molecule is COc1cccc(NC(=O)N2CCN(c3nc4ccc([N+](=O)[O-])cc4s3)CC2)c1. The molecule has 0 bridgehead atoms. The lowest BCUT2D eigenvalue weighted by Gasteiger charge is -2.34. The number of methoxy groups -OCH3 is 1. The summed E-state index contributed by atoms with van der Waals surface area (Å²) in [5.41, 5.74) is 1.49. The van der Waals surface area contributed by atoms with Crippen LogP contribution in [0.5, 0.6) is 5.75 Å². The molecule has 1 aliphatic rings. The number of hydrogen-bond acceptors (Lipinski definition) is 7. The summed E-state index contributed by atoms with van der Waals surface area (Å²) in [7, 11) is 1.58. The van der Waals surface area contributed by atoms with Crippen LogP contribution in [0.2, 0.25) is 0 Å². The maximum absolute atomic E-state index is 12.5. The number of rotatable bonds is 4. The number of hydrogen-bond donors (Lipinski definition) is 1. The van der Waals surface area contributed by atoms with Gasteiger partial charge in [-0.15, -0.1) is 0 Å². The molecule has 150 valence electrons. The van der Waals surface area contributed by atoms with Gasteiger partial charge in [0, 0.05) is 50.1 Å². The number of anilines is 2. The summed E-state index contributed by atoms with van der Waals surface area (Å²) in [5, 5.41) is 14.7. The van der Waals surface area contributed by atoms with Gasteiger partial charge in [-0.3, -0.25) is 10.1 Å². The second-order valence-corrected chi connectivity index (χ2v) is 7.55. The molecule has 1 N–H and O–H groups in total. The maximum atomic E-state index is 12.5. The number of nitrogens with zero attached hydrogens (tertiary/aromatic N) is 4. The zero-order valence-electron chi connectivity index (χ0n) is 15.7. The quantitative estimate of drug-likeness (QED) is 0.518. The summed E-state index contributed by atoms with van der Waals surface area (Å²) in [6.45, 7) is 2.42. The van der Waals surface area contributed by atoms with Crippen molar-refractivity contribution >= 4 is 44.1 Å². The Morgan fingerprint density at radius 3 is 2.72 bits per heavy atom. The number of benzene rings is 2. The van der Waals surface area contributed by atoms with E-state index in [1.165, 1.54) is 17.4 Å². The highest BCUT2D eigenvalue weighted by molar-refractivity contribution is 7.22. The second-order valence-electron chi connectivity index (χ2n) is 6.54. The highest BCUT2D eigenvalue weighted by Gasteiger charge is 2.23. The number of ether oxygens (including phenoxy) is 1. The number of amides is 2. The summed E-state index contributed by atoms with van der Waals surface area (Å²) >= 11 is 1.43. The number of urea groups is 1. The van der Waals surface area contributed by atoms with Crippen LogP contribution in [0, 0.1) is 10.1 Å². The predicted octanol–water partition coefficient (Wildman–Crippen LogP) is 3.57. The Bertz CT molecular complexity index is 1060. The number of nitrogens with one attached hydrogen (secondary N) is 1. The van der Waals surface area contributed by atoms with Gasteiger partial charge < -0.3 is 19.9 Å². The molecule has 1 aliphatic heterocycles. The van der Waals surface area contributed by atoms with E-state index in [-0.39, 0.29) is 11.7 Å². The summed E-state index contributed by atoms with van der Waals surface area (Å²) in [6.07, 6.45) is 0. The van der Waals surface area contributed by atoms with Crippen molar-refractivity contribution < 1.29 is 14.5 Å². The average Bonchev–Trinajstić information content (AvgIpc) is 3.17. The fraction of sp³-hybridized carbons (Fsp3) is 0.263. The second kappa shape index (κ2) is 7.92. The Kier molecular flexibility index (Phi) is 5.17. The van der Waals surface area contributed by atoms with Gasteiger partial charge in [-0.2, -0.15) is 0 Å². The van der Waals surface area contributed by atoms with Crippen LogP contribution in [0.15, 0.2) is 42.5 Å². The monoisotopic (exact) mass is 413 g/mol. The number of aromatic nitrogens is 1. The number of nitro benzene ring substituents is 1. The van der Waals surface area contributed by atoms with Crippen LogP contribution in [0.4, 0.5) is 21.3 Å². The molecular formula is C19H19N5O4S. The van der Waals surface area contributed by atoms with Gasteiger partial charge >= 0.3 is 6.03 Å². The van der Waals surface area contributed by atoms with Crippen LogP contribution in [0.25, 0.3) is 10.2 Å². The molecule has 2 aromatic carbocycles. The molecule has 4 rings (SSSR count). The van der Waals surface area contributed by atoms with Gasteiger partial charge in [0.25, 0.3) is 5.69 Å². The van der Waals surface area contributed by atoms with Crippen LogP contribution in [-0.4, -0.2) is 54.1 Å². The molecule has 0 unspecified atom stereocenters. The highest BCUT2D eigenvalue weighted by Crippen LogP contribution is 2.31. The normalized spacial score (nSPS) is 14.1. The van der Waals surface area contributed by atoms with E-state index in [2.05, 4.69) is 15.2 Å². The summed E-state index contributed by atoms with van der Waals surface area (Å²) in [5.74, 6) is 0.684. The van der Waals surface area contributed by atoms with E-state index < -0.39 is 4.92 Å². The molecule has 3 aromatic rings. The molecule has 0 aliphatic carbocycles. The van der Waals surface area contributed by atoms with E-state index in [1.54, 1.807) is 30.2 Å². The number of nitro groups is 1. The van der Waals surface area contributed by atoms with Crippen molar-refractivity contribution in [2.24, 2.45) is 0 Å². The molecule has 0 spiro atoms. The molecule has 0 atom stereocenters. The number of fused-ring (bicyclic) bond motifs is 1. The van der Waals surface area contributed by atoms with Gasteiger partial charge in [0.1, 0.15) is 5.75 Å². The third kappa shape index (κ3) is 4.06. The number of thiazole rings is 1. The van der Waals surface area contributed by atoms with Gasteiger partial charge in [-0.25, -0.2) is 9.78 Å². The lowest BCUT2D eigenvalue weighted by molar-refractivity contribution is -0.384. The minimum Gasteiger partial charge on any atom is -0.497 e. The Morgan fingerprint density at radius 1 is 1.21 bits per heavy atom. The van der Waals surface area contributed by atoms with Crippen molar-refractivity contribution in [1.82, 2.24) is 9.88 Å². The van der Waals surface area contributed by atoms with Gasteiger partial charge in [-0.1, -0.05) is 17.4 Å². The zero-order valence-corrected chi connectivity index (χ0v) is 16.5. The van der Waals surface area contributed by atoms with E-state index in [9.17, 15) is 14.9 Å².